The van der Waals surface area contributed by atoms with Crippen molar-refractivity contribution in [1.29, 1.82) is 0 Å². The molecule has 6 heteroatoms. The first-order chi connectivity index (χ1) is 7.67. The average Bonchev–Trinajstić information content (AvgIpc) is 2.37. The minimum absolute atomic E-state index is 0.206. The molecule has 0 spiro atoms. The molecule has 1 heterocycles. The van der Waals surface area contributed by atoms with E-state index in [1.807, 2.05) is 6.92 Å². The number of halogens is 2. The third kappa shape index (κ3) is 3.48. The van der Waals surface area contributed by atoms with E-state index in [9.17, 15) is 4.79 Å². The molecule has 1 aliphatic rings. The monoisotopic (exact) mass is 269 g/mol. The molecular formula is C10H17Cl2NO3. The van der Waals surface area contributed by atoms with E-state index in [1.54, 1.807) is 0 Å². The molecule has 1 fully saturated rings. The molecule has 0 radical (unpaired) electrons. The van der Waals surface area contributed by atoms with E-state index in [4.69, 9.17) is 32.7 Å². The molecule has 0 aromatic rings. The number of ether oxygens (including phenoxy) is 2. The summed E-state index contributed by atoms with van der Waals surface area (Å²) >= 11 is 11.7. The molecule has 1 N–H and O–H groups in total. The number of nitrogens with one attached hydrogen (secondary N) is 1. The lowest BCUT2D eigenvalue weighted by molar-refractivity contribution is -0.149. The second-order valence-electron chi connectivity index (χ2n) is 3.82. The molecule has 1 atom stereocenters. The van der Waals surface area contributed by atoms with E-state index in [1.165, 1.54) is 0 Å². The van der Waals surface area contributed by atoms with E-state index in [0.717, 1.165) is 0 Å². The highest BCUT2D eigenvalue weighted by molar-refractivity contribution is 6.22. The zero-order chi connectivity index (χ0) is 12.0. The van der Waals surface area contributed by atoms with Gasteiger partial charge in [0.2, 0.25) is 0 Å². The molecule has 1 aliphatic heterocycles. The van der Waals surface area contributed by atoms with Gasteiger partial charge < -0.3 is 14.8 Å². The van der Waals surface area contributed by atoms with E-state index in [-0.39, 0.29) is 24.3 Å². The standard InChI is InChI=1S/C10H17Cl2NO3/c1-2-10(6-11,7-12)13-9(14)8-5-15-3-4-16-8/h8H,2-7H2,1H3,(H,13,14). The van der Waals surface area contributed by atoms with Crippen molar-refractivity contribution in [2.24, 2.45) is 0 Å². The van der Waals surface area contributed by atoms with E-state index in [2.05, 4.69) is 5.32 Å². The van der Waals surface area contributed by atoms with Crippen LogP contribution in [0.5, 0.6) is 0 Å². The Morgan fingerprint density at radius 1 is 1.44 bits per heavy atom. The lowest BCUT2D eigenvalue weighted by Gasteiger charge is -2.32. The number of rotatable bonds is 5. The summed E-state index contributed by atoms with van der Waals surface area (Å²) < 4.78 is 10.5. The van der Waals surface area contributed by atoms with Crippen LogP contribution < -0.4 is 5.32 Å². The Morgan fingerprint density at radius 2 is 2.12 bits per heavy atom. The lowest BCUT2D eigenvalue weighted by atomic mass is 10.0. The first kappa shape index (κ1) is 14.0. The highest BCUT2D eigenvalue weighted by atomic mass is 35.5. The Balaban J connectivity index is 2.53. The smallest absolute Gasteiger partial charge is 0.252 e. The van der Waals surface area contributed by atoms with Gasteiger partial charge in [0, 0.05) is 11.8 Å². The van der Waals surface area contributed by atoms with Crippen LogP contribution in [0.3, 0.4) is 0 Å². The maximum Gasteiger partial charge on any atom is 0.252 e. The Kier molecular flexibility index (Phi) is 5.83. The van der Waals surface area contributed by atoms with Crippen molar-refractivity contribution in [1.82, 2.24) is 5.32 Å². The second kappa shape index (κ2) is 6.64. The summed E-state index contributed by atoms with van der Waals surface area (Å²) in [5.74, 6) is 0.362. The maximum atomic E-state index is 11.9. The largest absolute Gasteiger partial charge is 0.376 e. The molecule has 0 aromatic heterocycles. The van der Waals surface area contributed by atoms with Gasteiger partial charge in [-0.1, -0.05) is 6.92 Å². The molecule has 1 rings (SSSR count). The van der Waals surface area contributed by atoms with Crippen LogP contribution in [-0.2, 0) is 14.3 Å². The quantitative estimate of drug-likeness (QED) is 0.762. The first-order valence-corrected chi connectivity index (χ1v) is 6.37. The molecule has 0 aliphatic carbocycles. The van der Waals surface area contributed by atoms with Gasteiger partial charge in [0.15, 0.2) is 6.10 Å². The van der Waals surface area contributed by atoms with Gasteiger partial charge in [0.05, 0.1) is 25.4 Å². The van der Waals surface area contributed by atoms with Crippen LogP contribution in [0, 0.1) is 0 Å². The molecule has 94 valence electrons. The number of carbonyl (C=O) groups is 1. The van der Waals surface area contributed by atoms with Gasteiger partial charge in [0.1, 0.15) is 0 Å². The van der Waals surface area contributed by atoms with Gasteiger partial charge in [-0.3, -0.25) is 4.79 Å². The van der Waals surface area contributed by atoms with Crippen molar-refractivity contribution in [3.63, 3.8) is 0 Å². The number of hydrogen-bond donors (Lipinski definition) is 1. The summed E-state index contributed by atoms with van der Waals surface area (Å²) in [6.45, 7) is 3.20. The number of carbonyl (C=O) groups excluding carboxylic acids is 1. The molecule has 1 amide bonds. The predicted molar refractivity (Wildman–Crippen MR) is 63.2 cm³/mol. The molecule has 16 heavy (non-hydrogen) atoms. The minimum atomic E-state index is -0.555. The molecule has 1 saturated heterocycles. The third-order valence-corrected chi connectivity index (χ3v) is 3.71. The number of hydrogen-bond acceptors (Lipinski definition) is 3. The summed E-state index contributed by atoms with van der Waals surface area (Å²) in [6, 6.07) is 0. The van der Waals surface area contributed by atoms with Crippen molar-refractivity contribution in [3.05, 3.63) is 0 Å². The van der Waals surface area contributed by atoms with E-state index in [0.29, 0.717) is 19.6 Å². The van der Waals surface area contributed by atoms with Gasteiger partial charge in [-0.25, -0.2) is 0 Å². The molecule has 0 aromatic carbocycles. The van der Waals surface area contributed by atoms with E-state index >= 15 is 0 Å². The topological polar surface area (TPSA) is 47.6 Å². The Labute approximate surface area is 106 Å². The predicted octanol–water partition coefficient (Wildman–Crippen LogP) is 1.14. The minimum Gasteiger partial charge on any atom is -0.376 e. The Hall–Kier alpha value is -0.0300. The van der Waals surface area contributed by atoms with E-state index < -0.39 is 11.6 Å². The fourth-order valence-corrected chi connectivity index (χ4v) is 2.16. The van der Waals surface area contributed by atoms with Gasteiger partial charge in [-0.05, 0) is 6.42 Å². The van der Waals surface area contributed by atoms with Crippen molar-refractivity contribution < 1.29 is 14.3 Å². The SMILES string of the molecule is CCC(CCl)(CCl)NC(=O)C1COCCO1. The van der Waals surface area contributed by atoms with Gasteiger partial charge >= 0.3 is 0 Å². The molecular weight excluding hydrogens is 253 g/mol. The van der Waals surface area contributed by atoms with Crippen LogP contribution in [0.4, 0.5) is 0 Å². The molecule has 4 nitrogen and oxygen atoms in total. The second-order valence-corrected chi connectivity index (χ2v) is 4.36. The van der Waals surface area contributed by atoms with Gasteiger partial charge in [-0.2, -0.15) is 0 Å². The molecule has 0 saturated carbocycles. The summed E-state index contributed by atoms with van der Waals surface area (Å²) in [4.78, 5) is 11.9. The fourth-order valence-electron chi connectivity index (χ4n) is 1.36. The highest BCUT2D eigenvalue weighted by Gasteiger charge is 2.32. The Bertz CT molecular complexity index is 220. The number of alkyl halides is 2. The van der Waals surface area contributed by atoms with Crippen molar-refractivity contribution in [3.8, 4) is 0 Å². The van der Waals surface area contributed by atoms with Gasteiger partial charge in [-0.15, -0.1) is 23.2 Å². The summed E-state index contributed by atoms with van der Waals surface area (Å²) in [5.41, 5.74) is -0.555. The zero-order valence-electron chi connectivity index (χ0n) is 9.30. The summed E-state index contributed by atoms with van der Waals surface area (Å²) in [6.07, 6.45) is 0.130. The van der Waals surface area contributed by atoms with Crippen molar-refractivity contribution >= 4 is 29.1 Å². The average molecular weight is 270 g/mol. The van der Waals surface area contributed by atoms with Crippen LogP contribution in [0.25, 0.3) is 0 Å². The Morgan fingerprint density at radius 3 is 2.56 bits per heavy atom. The maximum absolute atomic E-state index is 11.9. The summed E-state index contributed by atoms with van der Waals surface area (Å²) in [5, 5.41) is 2.84. The van der Waals surface area contributed by atoms with Gasteiger partial charge in [0.25, 0.3) is 5.91 Å². The van der Waals surface area contributed by atoms with Crippen LogP contribution in [0.1, 0.15) is 13.3 Å². The number of amides is 1. The molecule has 1 unspecified atom stereocenters. The third-order valence-electron chi connectivity index (χ3n) is 2.69. The van der Waals surface area contributed by atoms with Crippen LogP contribution in [0.15, 0.2) is 0 Å². The zero-order valence-corrected chi connectivity index (χ0v) is 10.8. The first-order valence-electron chi connectivity index (χ1n) is 5.31. The van der Waals surface area contributed by atoms with Crippen LogP contribution >= 0.6 is 23.2 Å². The molecule has 0 bridgehead atoms. The normalized spacial score (nSPS) is 21.8. The summed E-state index contributed by atoms with van der Waals surface area (Å²) in [7, 11) is 0. The van der Waals surface area contributed by atoms with Crippen LogP contribution in [0.2, 0.25) is 0 Å². The van der Waals surface area contributed by atoms with Crippen molar-refractivity contribution in [2.75, 3.05) is 31.6 Å². The van der Waals surface area contributed by atoms with Crippen LogP contribution in [-0.4, -0.2) is 49.1 Å². The lowest BCUT2D eigenvalue weighted by Crippen LogP contribution is -2.56. The fraction of sp³-hybridized carbons (Fsp3) is 0.900. The van der Waals surface area contributed by atoms with Crippen molar-refractivity contribution in [2.45, 2.75) is 25.0 Å². The highest BCUT2D eigenvalue weighted by Crippen LogP contribution is 2.15.